The smallest absolute Gasteiger partial charge is 0.349 e. The number of hydrogen-bond donors (Lipinski definition) is 1. The van der Waals surface area contributed by atoms with E-state index >= 15 is 0 Å². The van der Waals surface area contributed by atoms with E-state index < -0.39 is 10.0 Å². The fourth-order valence-corrected chi connectivity index (χ4v) is 3.01. The van der Waals surface area contributed by atoms with Crippen molar-refractivity contribution in [3.8, 4) is 5.75 Å². The molecule has 0 saturated heterocycles. The topological polar surface area (TPSA) is 83.9 Å². The normalized spacial score (nSPS) is 11.9. The van der Waals surface area contributed by atoms with Crippen molar-refractivity contribution in [2.45, 2.75) is 11.3 Å². The Kier molecular flexibility index (Phi) is 2.83. The van der Waals surface area contributed by atoms with E-state index in [2.05, 4.69) is 10.1 Å². The van der Waals surface area contributed by atoms with Gasteiger partial charge in [0, 0.05) is 0 Å². The molecule has 5 nitrogen and oxygen atoms in total. The fraction of sp³-hybridized carbons (Fsp3) is 0.222. The van der Waals surface area contributed by atoms with E-state index in [1.165, 1.54) is 0 Å². The SMILES string of the molecule is CCOc1ccc2nc(S([NH3+])(=O)=O)sc2c1. The summed E-state index contributed by atoms with van der Waals surface area (Å²) in [5.74, 6) is 0.715. The molecule has 7 heteroatoms. The van der Waals surface area contributed by atoms with Crippen LogP contribution in [0.25, 0.3) is 10.2 Å². The largest absolute Gasteiger partial charge is 0.494 e. The number of ether oxygens (including phenoxy) is 1. The molecular weight excluding hydrogens is 248 g/mol. The molecule has 0 radical (unpaired) electrons. The van der Waals surface area contributed by atoms with E-state index in [-0.39, 0.29) is 4.34 Å². The molecule has 0 bridgehead atoms. The lowest BCUT2D eigenvalue weighted by atomic mass is 10.3. The Bertz CT molecular complexity index is 619. The second kappa shape index (κ2) is 4.00. The van der Waals surface area contributed by atoms with Crippen LogP contribution in [0.4, 0.5) is 0 Å². The Hall–Kier alpha value is -1.18. The first-order chi connectivity index (χ1) is 7.50. The van der Waals surface area contributed by atoms with Gasteiger partial charge in [-0.25, -0.2) is 10.1 Å². The van der Waals surface area contributed by atoms with Gasteiger partial charge in [-0.05, 0) is 25.1 Å². The van der Waals surface area contributed by atoms with Crippen LogP contribution in [0.15, 0.2) is 22.5 Å². The van der Waals surface area contributed by atoms with E-state index in [0.717, 1.165) is 16.0 Å². The number of thiazole rings is 1. The number of hydrogen-bond acceptors (Lipinski definition) is 5. The lowest BCUT2D eigenvalue weighted by molar-refractivity contribution is -0.164. The van der Waals surface area contributed by atoms with Crippen molar-refractivity contribution < 1.29 is 18.3 Å². The quantitative estimate of drug-likeness (QED) is 0.876. The van der Waals surface area contributed by atoms with Gasteiger partial charge in [0.05, 0.1) is 16.8 Å². The van der Waals surface area contributed by atoms with Crippen LogP contribution < -0.4 is 9.88 Å². The van der Waals surface area contributed by atoms with Gasteiger partial charge in [-0.3, -0.25) is 0 Å². The van der Waals surface area contributed by atoms with Crippen molar-refractivity contribution >= 4 is 31.6 Å². The number of sulfonamides is 1. The summed E-state index contributed by atoms with van der Waals surface area (Å²) in [6, 6.07) is 5.29. The van der Waals surface area contributed by atoms with Crippen molar-refractivity contribution in [1.29, 1.82) is 0 Å². The van der Waals surface area contributed by atoms with E-state index in [4.69, 9.17) is 4.74 Å². The molecular formula is C9H11N2O3S2+. The molecule has 2 aromatic rings. The molecule has 16 heavy (non-hydrogen) atoms. The first kappa shape index (κ1) is 11.3. The minimum Gasteiger partial charge on any atom is -0.494 e. The molecule has 0 amide bonds. The molecule has 2 rings (SSSR count). The van der Waals surface area contributed by atoms with Gasteiger partial charge in [-0.1, -0.05) is 11.3 Å². The summed E-state index contributed by atoms with van der Waals surface area (Å²) < 4.78 is 28.6. The molecule has 3 N–H and O–H groups in total. The van der Waals surface area contributed by atoms with Crippen LogP contribution in [0.2, 0.25) is 0 Å². The van der Waals surface area contributed by atoms with Gasteiger partial charge < -0.3 is 4.74 Å². The standard InChI is InChI=1S/C9H10N2O3S2/c1-2-14-6-3-4-7-8(5-6)15-9(11-7)16(10,12)13/h3-5H,2H2,1H3,(H2,10,12,13)/p+1. The van der Waals surface area contributed by atoms with Crippen molar-refractivity contribution in [3.63, 3.8) is 0 Å². The predicted molar refractivity (Wildman–Crippen MR) is 60.9 cm³/mol. The number of benzene rings is 1. The summed E-state index contributed by atoms with van der Waals surface area (Å²) >= 11 is 1.10. The molecule has 0 aliphatic carbocycles. The lowest BCUT2D eigenvalue weighted by Crippen LogP contribution is -2.56. The van der Waals surface area contributed by atoms with Crippen molar-refractivity contribution in [3.05, 3.63) is 18.2 Å². The summed E-state index contributed by atoms with van der Waals surface area (Å²) in [6.07, 6.45) is 0. The number of rotatable bonds is 3. The molecule has 0 aliphatic rings. The summed E-state index contributed by atoms with van der Waals surface area (Å²) in [5.41, 5.74) is 0.649. The van der Waals surface area contributed by atoms with Gasteiger partial charge in [0.2, 0.25) is 0 Å². The Morgan fingerprint density at radius 1 is 1.50 bits per heavy atom. The van der Waals surface area contributed by atoms with Crippen LogP contribution in [0.1, 0.15) is 6.92 Å². The van der Waals surface area contributed by atoms with Crippen LogP contribution in [0, 0.1) is 0 Å². The van der Waals surface area contributed by atoms with Gasteiger partial charge in [0.1, 0.15) is 5.75 Å². The Balaban J connectivity index is 2.54. The zero-order valence-corrected chi connectivity index (χ0v) is 10.3. The summed E-state index contributed by atoms with van der Waals surface area (Å²) in [4.78, 5) is 4.00. The molecule has 0 atom stereocenters. The molecule has 1 aromatic carbocycles. The predicted octanol–water partition coefficient (Wildman–Crippen LogP) is 0.626. The highest BCUT2D eigenvalue weighted by Gasteiger charge is 2.17. The minimum atomic E-state index is -3.47. The zero-order chi connectivity index (χ0) is 11.8. The molecule has 0 aliphatic heterocycles. The maximum Gasteiger partial charge on any atom is 0.349 e. The monoisotopic (exact) mass is 259 g/mol. The Morgan fingerprint density at radius 3 is 2.88 bits per heavy atom. The number of quaternary nitrogens is 1. The summed E-state index contributed by atoms with van der Waals surface area (Å²) in [6.45, 7) is 2.47. The molecule has 0 fully saturated rings. The number of nitrogens with zero attached hydrogens (tertiary/aromatic N) is 1. The third kappa shape index (κ3) is 2.16. The van der Waals surface area contributed by atoms with E-state index in [1.54, 1.807) is 18.2 Å². The second-order valence-electron chi connectivity index (χ2n) is 3.16. The van der Waals surface area contributed by atoms with Crippen molar-refractivity contribution in [2.24, 2.45) is 0 Å². The van der Waals surface area contributed by atoms with Crippen LogP contribution in [0.3, 0.4) is 0 Å². The third-order valence-electron chi connectivity index (χ3n) is 1.92. The van der Waals surface area contributed by atoms with E-state index in [9.17, 15) is 8.42 Å². The highest BCUT2D eigenvalue weighted by molar-refractivity contribution is 7.86. The van der Waals surface area contributed by atoms with Gasteiger partial charge in [-0.2, -0.15) is 8.42 Å². The maximum atomic E-state index is 11.2. The highest BCUT2D eigenvalue weighted by Crippen LogP contribution is 2.27. The Labute approximate surface area is 96.9 Å². The third-order valence-corrected chi connectivity index (χ3v) is 4.37. The minimum absolute atomic E-state index is 0.0381. The van der Waals surface area contributed by atoms with Crippen molar-refractivity contribution in [1.82, 2.24) is 4.98 Å². The van der Waals surface area contributed by atoms with Gasteiger partial charge in [0.25, 0.3) is 4.34 Å². The van der Waals surface area contributed by atoms with Crippen LogP contribution in [-0.2, 0) is 10.0 Å². The Morgan fingerprint density at radius 2 is 2.25 bits per heavy atom. The van der Waals surface area contributed by atoms with Crippen molar-refractivity contribution in [2.75, 3.05) is 6.61 Å². The number of aromatic nitrogens is 1. The highest BCUT2D eigenvalue weighted by atomic mass is 32.2. The van der Waals surface area contributed by atoms with Gasteiger partial charge in [-0.15, -0.1) is 0 Å². The second-order valence-corrected chi connectivity index (χ2v) is 6.06. The molecule has 1 aromatic heterocycles. The van der Waals surface area contributed by atoms with Crippen LogP contribution >= 0.6 is 11.3 Å². The fourth-order valence-electron chi connectivity index (χ4n) is 1.27. The molecule has 86 valence electrons. The van der Waals surface area contributed by atoms with Crippen LogP contribution in [-0.4, -0.2) is 20.0 Å². The zero-order valence-electron chi connectivity index (χ0n) is 8.63. The first-order valence-electron chi connectivity index (χ1n) is 4.62. The molecule has 0 saturated carbocycles. The van der Waals surface area contributed by atoms with Crippen LogP contribution in [0.5, 0.6) is 5.75 Å². The molecule has 0 spiro atoms. The van der Waals surface area contributed by atoms with E-state index in [0.29, 0.717) is 17.9 Å². The lowest BCUT2D eigenvalue weighted by Gasteiger charge is -2.00. The molecule has 0 unspecified atom stereocenters. The van der Waals surface area contributed by atoms with E-state index in [1.807, 2.05) is 6.92 Å². The first-order valence-corrected chi connectivity index (χ1v) is 7.09. The number of fused-ring (bicyclic) bond motifs is 1. The molecule has 1 heterocycles. The van der Waals surface area contributed by atoms with Gasteiger partial charge in [0.15, 0.2) is 0 Å². The average Bonchev–Trinajstić information content (AvgIpc) is 2.60. The summed E-state index contributed by atoms with van der Waals surface area (Å²) in [7, 11) is -3.47. The maximum absolute atomic E-state index is 11.2. The van der Waals surface area contributed by atoms with Gasteiger partial charge >= 0.3 is 10.0 Å². The average molecular weight is 259 g/mol. The summed E-state index contributed by atoms with van der Waals surface area (Å²) in [5, 5.41) is 3.08.